The molecule has 1 rings (SSSR count). The largest absolute Gasteiger partial charge is 0.410 e. The summed E-state index contributed by atoms with van der Waals surface area (Å²) in [5, 5.41) is 3.42. The van der Waals surface area contributed by atoms with Crippen LogP contribution in [0, 0.1) is 6.92 Å². The van der Waals surface area contributed by atoms with E-state index in [0.29, 0.717) is 0 Å². The van der Waals surface area contributed by atoms with Gasteiger partial charge in [-0.1, -0.05) is 38.5 Å². The Balaban J connectivity index is 3.04. The van der Waals surface area contributed by atoms with E-state index in [1.54, 1.807) is 11.3 Å². The molecule has 0 spiro atoms. The summed E-state index contributed by atoms with van der Waals surface area (Å²) in [4.78, 5) is 4.59. The van der Waals surface area contributed by atoms with Crippen molar-refractivity contribution in [3.63, 3.8) is 0 Å². The maximum absolute atomic E-state index is 6.78. The van der Waals surface area contributed by atoms with Crippen LogP contribution in [-0.4, -0.2) is 19.4 Å². The van der Waals surface area contributed by atoms with Gasteiger partial charge in [0.25, 0.3) is 0 Å². The lowest BCUT2D eigenvalue weighted by molar-refractivity contribution is 0.217. The van der Waals surface area contributed by atoms with Gasteiger partial charge in [0.05, 0.1) is 16.8 Å². The molecule has 0 aliphatic heterocycles. The molecule has 0 amide bonds. The first-order chi connectivity index (χ1) is 12.0. The molecule has 0 aromatic carbocycles. The molecule has 0 saturated heterocycles. The fourth-order valence-electron chi connectivity index (χ4n) is 2.37. The second-order valence-electron chi connectivity index (χ2n) is 8.66. The molecule has 0 aliphatic carbocycles. The normalized spacial score (nSPS) is 15.2. The summed E-state index contributed by atoms with van der Waals surface area (Å²) >= 11 is 1.69. The van der Waals surface area contributed by atoms with Crippen LogP contribution in [0.5, 0.6) is 0 Å². The van der Waals surface area contributed by atoms with Gasteiger partial charge in [-0.2, -0.15) is 0 Å². The Morgan fingerprint density at radius 3 is 2.50 bits per heavy atom. The number of nitrogens with zero attached hydrogens (tertiary/aromatic N) is 1. The van der Waals surface area contributed by atoms with Crippen LogP contribution in [0.2, 0.25) is 18.1 Å². The number of hydrogen-bond acceptors (Lipinski definition) is 3. The summed E-state index contributed by atoms with van der Waals surface area (Å²) in [7, 11) is -1.84. The molecule has 0 unspecified atom stereocenters. The summed E-state index contributed by atoms with van der Waals surface area (Å²) in [5.41, 5.74) is 3.71. The zero-order chi connectivity index (χ0) is 20.0. The molecule has 0 aliphatic rings. The SMILES string of the molecule is C=CCC/C(C)=C/C[C@H](O[Si](C)(C)C(C)(C)C)/C(C)=C/c1csc(C)n1. The van der Waals surface area contributed by atoms with Crippen LogP contribution in [0.15, 0.2) is 35.3 Å². The summed E-state index contributed by atoms with van der Waals surface area (Å²) in [6.45, 7) is 21.8. The van der Waals surface area contributed by atoms with Gasteiger partial charge < -0.3 is 4.43 Å². The maximum atomic E-state index is 6.78. The van der Waals surface area contributed by atoms with Crippen molar-refractivity contribution in [1.82, 2.24) is 4.98 Å². The molecule has 1 aromatic heterocycles. The van der Waals surface area contributed by atoms with Crippen LogP contribution in [0.1, 0.15) is 64.6 Å². The summed E-state index contributed by atoms with van der Waals surface area (Å²) < 4.78 is 6.78. The zero-order valence-corrected chi connectivity index (χ0v) is 19.8. The zero-order valence-electron chi connectivity index (χ0n) is 18.0. The Bertz CT molecular complexity index is 649. The van der Waals surface area contributed by atoms with Crippen molar-refractivity contribution in [2.24, 2.45) is 0 Å². The van der Waals surface area contributed by atoms with E-state index >= 15 is 0 Å². The van der Waals surface area contributed by atoms with Crippen molar-refractivity contribution >= 4 is 25.7 Å². The molecule has 2 nitrogen and oxygen atoms in total. The molecular formula is C22H37NOSSi. The first kappa shape index (κ1) is 23.1. The van der Waals surface area contributed by atoms with E-state index in [9.17, 15) is 0 Å². The Morgan fingerprint density at radius 1 is 1.35 bits per heavy atom. The third kappa shape index (κ3) is 7.34. The van der Waals surface area contributed by atoms with Gasteiger partial charge in [0.15, 0.2) is 8.32 Å². The Kier molecular flexibility index (Phi) is 8.71. The van der Waals surface area contributed by atoms with Crippen molar-refractivity contribution in [3.05, 3.63) is 46.0 Å². The van der Waals surface area contributed by atoms with E-state index in [-0.39, 0.29) is 11.1 Å². The van der Waals surface area contributed by atoms with Crippen LogP contribution in [-0.2, 0) is 4.43 Å². The highest BCUT2D eigenvalue weighted by atomic mass is 32.1. The van der Waals surface area contributed by atoms with Gasteiger partial charge in [-0.15, -0.1) is 17.9 Å². The first-order valence-corrected chi connectivity index (χ1v) is 13.3. The van der Waals surface area contributed by atoms with E-state index in [2.05, 4.69) is 76.8 Å². The van der Waals surface area contributed by atoms with Crippen molar-refractivity contribution in [2.75, 3.05) is 0 Å². The molecule has 0 bridgehead atoms. The molecule has 0 radical (unpaired) electrons. The number of aryl methyl sites for hydroxylation is 1. The Hall–Kier alpha value is -0.973. The number of allylic oxidation sites excluding steroid dienone is 2. The van der Waals surface area contributed by atoms with Gasteiger partial charge in [-0.25, -0.2) is 4.98 Å². The Labute approximate surface area is 166 Å². The number of thiazole rings is 1. The van der Waals surface area contributed by atoms with Gasteiger partial charge in [0.2, 0.25) is 0 Å². The fourth-order valence-corrected chi connectivity index (χ4v) is 4.29. The standard InChI is InChI=1S/C22H37NOSSi/c1-10-11-12-17(2)13-14-21(24-26(8,9)22(5,6)7)18(3)15-20-16-25-19(4)23-20/h10,13,15-16,21H,1,11-12,14H2,2-9H3/b17-13+,18-15+/t21-/m0/s1. The van der Waals surface area contributed by atoms with Crippen molar-refractivity contribution in [3.8, 4) is 0 Å². The molecule has 4 heteroatoms. The third-order valence-electron chi connectivity index (χ3n) is 5.19. The van der Waals surface area contributed by atoms with Gasteiger partial charge >= 0.3 is 0 Å². The molecule has 0 N–H and O–H groups in total. The van der Waals surface area contributed by atoms with Gasteiger partial charge in [0, 0.05) is 5.38 Å². The van der Waals surface area contributed by atoms with Crippen molar-refractivity contribution in [2.45, 2.75) is 85.0 Å². The lowest BCUT2D eigenvalue weighted by atomic mass is 10.0. The highest BCUT2D eigenvalue weighted by molar-refractivity contribution is 7.09. The van der Waals surface area contributed by atoms with E-state index in [1.165, 1.54) is 11.1 Å². The van der Waals surface area contributed by atoms with E-state index < -0.39 is 8.32 Å². The average molecular weight is 392 g/mol. The minimum absolute atomic E-state index is 0.108. The van der Waals surface area contributed by atoms with Crippen LogP contribution in [0.4, 0.5) is 0 Å². The topological polar surface area (TPSA) is 22.1 Å². The van der Waals surface area contributed by atoms with E-state index in [0.717, 1.165) is 30.0 Å². The lowest BCUT2D eigenvalue weighted by Gasteiger charge is -2.39. The summed E-state index contributed by atoms with van der Waals surface area (Å²) in [6, 6.07) is 0. The van der Waals surface area contributed by atoms with Gasteiger partial charge in [-0.3, -0.25) is 0 Å². The fraction of sp³-hybridized carbons (Fsp3) is 0.591. The number of aromatic nitrogens is 1. The van der Waals surface area contributed by atoms with Crippen LogP contribution < -0.4 is 0 Å². The summed E-state index contributed by atoms with van der Waals surface area (Å²) in [6.07, 6.45) is 9.64. The highest BCUT2D eigenvalue weighted by Crippen LogP contribution is 2.38. The monoisotopic (exact) mass is 391 g/mol. The summed E-state index contributed by atoms with van der Waals surface area (Å²) in [5.74, 6) is 0. The molecular weight excluding hydrogens is 354 g/mol. The number of hydrogen-bond donors (Lipinski definition) is 0. The van der Waals surface area contributed by atoms with Crippen LogP contribution >= 0.6 is 11.3 Å². The Morgan fingerprint density at radius 2 is 2.00 bits per heavy atom. The van der Waals surface area contributed by atoms with Crippen molar-refractivity contribution < 1.29 is 4.43 Å². The smallest absolute Gasteiger partial charge is 0.192 e. The molecule has 146 valence electrons. The molecule has 26 heavy (non-hydrogen) atoms. The number of rotatable bonds is 9. The predicted octanol–water partition coefficient (Wildman–Crippen LogP) is 7.55. The molecule has 1 aromatic rings. The molecule has 1 atom stereocenters. The first-order valence-electron chi connectivity index (χ1n) is 9.51. The van der Waals surface area contributed by atoms with Gasteiger partial charge in [0.1, 0.15) is 0 Å². The molecule has 1 heterocycles. The second kappa shape index (κ2) is 9.82. The van der Waals surface area contributed by atoms with E-state index in [4.69, 9.17) is 4.43 Å². The van der Waals surface area contributed by atoms with Gasteiger partial charge in [-0.05, 0) is 69.8 Å². The van der Waals surface area contributed by atoms with Crippen LogP contribution in [0.25, 0.3) is 6.08 Å². The minimum Gasteiger partial charge on any atom is -0.410 e. The molecule has 0 saturated carbocycles. The highest BCUT2D eigenvalue weighted by Gasteiger charge is 2.39. The lowest BCUT2D eigenvalue weighted by Crippen LogP contribution is -2.44. The molecule has 0 fully saturated rings. The average Bonchev–Trinajstić information content (AvgIpc) is 2.92. The third-order valence-corrected chi connectivity index (χ3v) is 10.5. The minimum atomic E-state index is -1.84. The van der Waals surface area contributed by atoms with E-state index in [1.807, 2.05) is 13.0 Å². The quantitative estimate of drug-likeness (QED) is 0.320. The van der Waals surface area contributed by atoms with Crippen molar-refractivity contribution in [1.29, 1.82) is 0 Å². The maximum Gasteiger partial charge on any atom is 0.192 e. The van der Waals surface area contributed by atoms with Crippen LogP contribution in [0.3, 0.4) is 0 Å². The second-order valence-corrected chi connectivity index (χ2v) is 14.5. The predicted molar refractivity (Wildman–Crippen MR) is 120 cm³/mol.